The summed E-state index contributed by atoms with van der Waals surface area (Å²) in [6, 6.07) is 5.05. The van der Waals surface area contributed by atoms with E-state index in [1.54, 1.807) is 25.4 Å². The van der Waals surface area contributed by atoms with Crippen molar-refractivity contribution in [2.45, 2.75) is 39.4 Å². The van der Waals surface area contributed by atoms with Crippen LogP contribution in [-0.2, 0) is 6.54 Å². The summed E-state index contributed by atoms with van der Waals surface area (Å²) in [7, 11) is 1.55. The Bertz CT molecular complexity index is 595. The van der Waals surface area contributed by atoms with E-state index in [2.05, 4.69) is 28.7 Å². The molecule has 0 aliphatic heterocycles. The lowest BCUT2D eigenvalue weighted by Gasteiger charge is -2.19. The highest BCUT2D eigenvalue weighted by Crippen LogP contribution is 2.27. The van der Waals surface area contributed by atoms with Crippen LogP contribution >= 0.6 is 0 Å². The normalized spacial score (nSPS) is 12.7. The third-order valence-corrected chi connectivity index (χ3v) is 3.54. The average Bonchev–Trinajstić information content (AvgIpc) is 2.93. The molecule has 114 valence electrons. The number of nitrogens with zero attached hydrogens (tertiary/aromatic N) is 2. The molecule has 0 unspecified atom stereocenters. The van der Waals surface area contributed by atoms with Crippen LogP contribution in [-0.4, -0.2) is 16.7 Å². The Morgan fingerprint density at radius 3 is 2.76 bits per heavy atom. The van der Waals surface area contributed by atoms with Crippen LogP contribution in [0, 0.1) is 5.82 Å². The van der Waals surface area contributed by atoms with Gasteiger partial charge in [0.2, 0.25) is 0 Å². The molecule has 1 aromatic heterocycles. The van der Waals surface area contributed by atoms with Crippen molar-refractivity contribution in [3.63, 3.8) is 0 Å². The van der Waals surface area contributed by atoms with E-state index in [0.29, 0.717) is 23.9 Å². The molecule has 1 N–H and O–H groups in total. The summed E-state index contributed by atoms with van der Waals surface area (Å²) in [5.74, 6) is 1.23. The minimum absolute atomic E-state index is 0.168. The fourth-order valence-corrected chi connectivity index (χ4v) is 2.41. The summed E-state index contributed by atoms with van der Waals surface area (Å²) in [5.41, 5.74) is 0.544. The number of halogens is 1. The third kappa shape index (κ3) is 3.42. The first-order chi connectivity index (χ1) is 10.0. The van der Waals surface area contributed by atoms with Crippen molar-refractivity contribution in [2.75, 3.05) is 7.11 Å². The second-order valence-electron chi connectivity index (χ2n) is 5.30. The smallest absolute Gasteiger partial charge is 0.131 e. The molecule has 0 saturated heterocycles. The Kier molecular flexibility index (Phi) is 4.96. The van der Waals surface area contributed by atoms with Crippen molar-refractivity contribution in [1.82, 2.24) is 14.9 Å². The van der Waals surface area contributed by atoms with Crippen LogP contribution in [0.5, 0.6) is 5.75 Å². The van der Waals surface area contributed by atoms with Gasteiger partial charge in [-0.2, -0.15) is 0 Å². The molecule has 0 amide bonds. The molecular formula is C16H22FN3O. The number of hydrogen-bond donors (Lipinski definition) is 1. The number of hydrogen-bond acceptors (Lipinski definition) is 3. The number of nitrogens with one attached hydrogen (secondary N) is 1. The SMILES string of the molecule is COc1cccc(F)c1[C@@H](C)NCc1nccn1C(C)C. The van der Waals surface area contributed by atoms with Gasteiger partial charge in [-0.05, 0) is 32.9 Å². The van der Waals surface area contributed by atoms with E-state index in [1.165, 1.54) is 6.07 Å². The molecule has 0 bridgehead atoms. The summed E-state index contributed by atoms with van der Waals surface area (Å²) >= 11 is 0. The van der Waals surface area contributed by atoms with Gasteiger partial charge in [-0.1, -0.05) is 6.07 Å². The zero-order valence-corrected chi connectivity index (χ0v) is 12.9. The van der Waals surface area contributed by atoms with Gasteiger partial charge in [0.1, 0.15) is 17.4 Å². The van der Waals surface area contributed by atoms with Gasteiger partial charge in [0.05, 0.1) is 13.7 Å². The zero-order chi connectivity index (χ0) is 15.4. The molecule has 0 spiro atoms. The first-order valence-corrected chi connectivity index (χ1v) is 7.12. The summed E-state index contributed by atoms with van der Waals surface area (Å²) in [6.45, 7) is 6.70. The van der Waals surface area contributed by atoms with Gasteiger partial charge in [0.15, 0.2) is 0 Å². The minimum atomic E-state index is -0.262. The standard InChI is InChI=1S/C16H22FN3O/c1-11(2)20-9-8-18-15(20)10-19-12(3)16-13(17)6-5-7-14(16)21-4/h5-9,11-12,19H,10H2,1-4H3/t12-/m1/s1. The molecule has 0 aliphatic carbocycles. The van der Waals surface area contributed by atoms with Crippen LogP contribution in [0.4, 0.5) is 4.39 Å². The first kappa shape index (κ1) is 15.5. The van der Waals surface area contributed by atoms with E-state index in [9.17, 15) is 4.39 Å². The number of methoxy groups -OCH3 is 1. The number of aromatic nitrogens is 2. The molecule has 21 heavy (non-hydrogen) atoms. The van der Waals surface area contributed by atoms with Crippen LogP contribution in [0.2, 0.25) is 0 Å². The van der Waals surface area contributed by atoms with Crippen molar-refractivity contribution in [3.8, 4) is 5.75 Å². The van der Waals surface area contributed by atoms with Crippen molar-refractivity contribution in [1.29, 1.82) is 0 Å². The van der Waals surface area contributed by atoms with Gasteiger partial charge in [0, 0.05) is 30.0 Å². The molecule has 0 fully saturated rings. The van der Waals surface area contributed by atoms with E-state index in [1.807, 2.05) is 13.1 Å². The molecule has 0 aliphatic rings. The molecule has 1 atom stereocenters. The largest absolute Gasteiger partial charge is 0.496 e. The lowest BCUT2D eigenvalue weighted by atomic mass is 10.1. The Morgan fingerprint density at radius 2 is 2.10 bits per heavy atom. The van der Waals surface area contributed by atoms with Gasteiger partial charge in [-0.25, -0.2) is 9.37 Å². The van der Waals surface area contributed by atoms with Crippen molar-refractivity contribution < 1.29 is 9.13 Å². The summed E-state index contributed by atoms with van der Waals surface area (Å²) in [6.07, 6.45) is 3.74. The quantitative estimate of drug-likeness (QED) is 0.886. The fraction of sp³-hybridized carbons (Fsp3) is 0.438. The molecule has 1 aromatic carbocycles. The lowest BCUT2D eigenvalue weighted by Crippen LogP contribution is -2.22. The van der Waals surface area contributed by atoms with E-state index in [0.717, 1.165) is 5.82 Å². The number of benzene rings is 1. The predicted molar refractivity (Wildman–Crippen MR) is 80.8 cm³/mol. The number of rotatable bonds is 6. The van der Waals surface area contributed by atoms with Crippen LogP contribution < -0.4 is 10.1 Å². The van der Waals surface area contributed by atoms with Crippen molar-refractivity contribution in [3.05, 3.63) is 47.8 Å². The number of ether oxygens (including phenoxy) is 1. The van der Waals surface area contributed by atoms with Gasteiger partial charge < -0.3 is 14.6 Å². The summed E-state index contributed by atoms with van der Waals surface area (Å²) in [4.78, 5) is 4.34. The molecule has 5 heteroatoms. The predicted octanol–water partition coefficient (Wildman–Crippen LogP) is 3.46. The highest BCUT2D eigenvalue weighted by Gasteiger charge is 2.17. The first-order valence-electron chi connectivity index (χ1n) is 7.12. The maximum atomic E-state index is 14.0. The average molecular weight is 291 g/mol. The maximum absolute atomic E-state index is 14.0. The maximum Gasteiger partial charge on any atom is 0.131 e. The van der Waals surface area contributed by atoms with E-state index in [-0.39, 0.29) is 11.9 Å². The zero-order valence-electron chi connectivity index (χ0n) is 12.9. The summed E-state index contributed by atoms with van der Waals surface area (Å²) in [5, 5.41) is 3.31. The highest BCUT2D eigenvalue weighted by atomic mass is 19.1. The van der Waals surface area contributed by atoms with Crippen LogP contribution in [0.1, 0.15) is 44.2 Å². The molecule has 2 aromatic rings. The Balaban J connectivity index is 2.12. The second kappa shape index (κ2) is 6.72. The summed E-state index contributed by atoms with van der Waals surface area (Å²) < 4.78 is 21.4. The van der Waals surface area contributed by atoms with Gasteiger partial charge >= 0.3 is 0 Å². The van der Waals surface area contributed by atoms with Crippen LogP contribution in [0.25, 0.3) is 0 Å². The van der Waals surface area contributed by atoms with Crippen molar-refractivity contribution in [2.24, 2.45) is 0 Å². The fourth-order valence-electron chi connectivity index (χ4n) is 2.41. The monoisotopic (exact) mass is 291 g/mol. The Labute approximate surface area is 125 Å². The molecule has 1 heterocycles. The van der Waals surface area contributed by atoms with Crippen molar-refractivity contribution >= 4 is 0 Å². The highest BCUT2D eigenvalue weighted by molar-refractivity contribution is 5.36. The van der Waals surface area contributed by atoms with Crippen LogP contribution in [0.3, 0.4) is 0 Å². The molecule has 0 saturated carbocycles. The molecule has 2 rings (SSSR count). The molecular weight excluding hydrogens is 269 g/mol. The van der Waals surface area contributed by atoms with Gasteiger partial charge in [-0.3, -0.25) is 0 Å². The minimum Gasteiger partial charge on any atom is -0.496 e. The third-order valence-electron chi connectivity index (χ3n) is 3.54. The molecule has 0 radical (unpaired) electrons. The van der Waals surface area contributed by atoms with Gasteiger partial charge in [0.25, 0.3) is 0 Å². The molecule has 4 nitrogen and oxygen atoms in total. The second-order valence-corrected chi connectivity index (χ2v) is 5.30. The lowest BCUT2D eigenvalue weighted by molar-refractivity contribution is 0.392. The van der Waals surface area contributed by atoms with Gasteiger partial charge in [-0.15, -0.1) is 0 Å². The topological polar surface area (TPSA) is 39.1 Å². The van der Waals surface area contributed by atoms with E-state index in [4.69, 9.17) is 4.74 Å². The number of imidazole rings is 1. The Morgan fingerprint density at radius 1 is 1.33 bits per heavy atom. The van der Waals surface area contributed by atoms with Crippen LogP contribution in [0.15, 0.2) is 30.6 Å². The van der Waals surface area contributed by atoms with E-state index >= 15 is 0 Å². The van der Waals surface area contributed by atoms with E-state index < -0.39 is 0 Å². The Hall–Kier alpha value is -1.88.